The Morgan fingerprint density at radius 2 is 2.00 bits per heavy atom. The molecule has 1 saturated heterocycles. The monoisotopic (exact) mass is 502 g/mol. The molecule has 5 rings (SSSR count). The van der Waals surface area contributed by atoms with Crippen LogP contribution in [0.5, 0.6) is 0 Å². The molecule has 1 aromatic carbocycles. The van der Waals surface area contributed by atoms with Gasteiger partial charge in [-0.3, -0.25) is 4.79 Å². The predicted octanol–water partition coefficient (Wildman–Crippen LogP) is 4.74. The average Bonchev–Trinajstić information content (AvgIpc) is 3.39. The quantitative estimate of drug-likeness (QED) is 0.435. The van der Waals surface area contributed by atoms with Crippen LogP contribution in [0.3, 0.4) is 0 Å². The number of alkyl carbamates (subject to hydrolysis) is 1. The fourth-order valence-corrected chi connectivity index (χ4v) is 5.09. The van der Waals surface area contributed by atoms with E-state index in [1.54, 1.807) is 11.1 Å². The van der Waals surface area contributed by atoms with Crippen LogP contribution < -0.4 is 5.32 Å². The number of benzene rings is 1. The third-order valence-electron chi connectivity index (χ3n) is 6.76. The van der Waals surface area contributed by atoms with Crippen molar-refractivity contribution in [3.63, 3.8) is 0 Å². The number of amides is 2. The molecule has 1 fully saturated rings. The maximum Gasteiger partial charge on any atom is 0.407 e. The van der Waals surface area contributed by atoms with E-state index in [4.69, 9.17) is 9.72 Å². The van der Waals surface area contributed by atoms with Crippen molar-refractivity contribution in [2.24, 2.45) is 7.05 Å². The first-order valence-corrected chi connectivity index (χ1v) is 12.8. The van der Waals surface area contributed by atoms with Gasteiger partial charge >= 0.3 is 6.09 Å². The Bertz CT molecular complexity index is 1480. The van der Waals surface area contributed by atoms with Crippen molar-refractivity contribution < 1.29 is 14.3 Å². The van der Waals surface area contributed by atoms with Crippen LogP contribution in [-0.2, 0) is 18.3 Å². The number of nitrogens with one attached hydrogen (secondary N) is 1. The summed E-state index contributed by atoms with van der Waals surface area (Å²) >= 11 is 0. The number of carbonyl (C=O) groups is 2. The third kappa shape index (κ3) is 4.90. The second-order valence-corrected chi connectivity index (χ2v) is 10.6. The van der Waals surface area contributed by atoms with Gasteiger partial charge in [-0.05, 0) is 76.9 Å². The minimum atomic E-state index is -0.562. The standard InChI is InChI=1S/C28H34N6O3/c1-6-34-23(16-18-9-7-13-29-24(18)34)25-31-21-15-19(11-12-22(21)32(25)5)26(35)33-14-8-10-20(17-33)30-27(36)37-28(2,3)4/h7,9,11-13,15-16,20H,6,8,10,14,17H2,1-5H3,(H,30,36). The third-order valence-corrected chi connectivity index (χ3v) is 6.76. The highest BCUT2D eigenvalue weighted by Crippen LogP contribution is 2.29. The van der Waals surface area contributed by atoms with Crippen molar-refractivity contribution in [2.75, 3.05) is 13.1 Å². The highest BCUT2D eigenvalue weighted by Gasteiger charge is 2.28. The van der Waals surface area contributed by atoms with Crippen LogP contribution in [0, 0.1) is 0 Å². The lowest BCUT2D eigenvalue weighted by molar-refractivity contribution is 0.0452. The number of imidazole rings is 1. The zero-order chi connectivity index (χ0) is 26.3. The first-order valence-electron chi connectivity index (χ1n) is 12.8. The van der Waals surface area contributed by atoms with Crippen LogP contribution in [-0.4, -0.2) is 60.7 Å². The number of aryl methyl sites for hydroxylation is 2. The van der Waals surface area contributed by atoms with Gasteiger partial charge in [0.1, 0.15) is 11.2 Å². The molecule has 0 spiro atoms. The second-order valence-electron chi connectivity index (χ2n) is 10.6. The highest BCUT2D eigenvalue weighted by atomic mass is 16.6. The molecule has 37 heavy (non-hydrogen) atoms. The minimum Gasteiger partial charge on any atom is -0.444 e. The molecule has 9 heteroatoms. The van der Waals surface area contributed by atoms with E-state index < -0.39 is 11.7 Å². The molecule has 0 aliphatic carbocycles. The van der Waals surface area contributed by atoms with Crippen LogP contribution in [0.2, 0.25) is 0 Å². The number of pyridine rings is 1. The van der Waals surface area contributed by atoms with E-state index in [-0.39, 0.29) is 11.9 Å². The summed E-state index contributed by atoms with van der Waals surface area (Å²) in [5.41, 5.74) is 3.68. The Kier molecular flexibility index (Phi) is 6.39. The molecule has 9 nitrogen and oxygen atoms in total. The Hall–Kier alpha value is -3.88. The number of ether oxygens (including phenoxy) is 1. The van der Waals surface area contributed by atoms with Crippen molar-refractivity contribution >= 4 is 34.1 Å². The van der Waals surface area contributed by atoms with E-state index in [1.165, 1.54) is 0 Å². The van der Waals surface area contributed by atoms with Crippen LogP contribution in [0.25, 0.3) is 33.6 Å². The number of carbonyl (C=O) groups excluding carboxylic acids is 2. The van der Waals surface area contributed by atoms with Crippen molar-refractivity contribution in [1.29, 1.82) is 0 Å². The molecule has 4 aromatic rings. The molecule has 1 N–H and O–H groups in total. The lowest BCUT2D eigenvalue weighted by atomic mass is 10.0. The van der Waals surface area contributed by atoms with Crippen molar-refractivity contribution in [1.82, 2.24) is 29.3 Å². The molecule has 194 valence electrons. The SMILES string of the molecule is CCn1c(-c2nc3cc(C(=O)N4CCCC(NC(=O)OC(C)(C)C)C4)ccc3n2C)cc2cccnc21. The number of aromatic nitrogens is 4. The van der Waals surface area contributed by atoms with Gasteiger partial charge in [0.15, 0.2) is 5.82 Å². The minimum absolute atomic E-state index is 0.0586. The summed E-state index contributed by atoms with van der Waals surface area (Å²) in [5.74, 6) is 0.774. The molecule has 1 aliphatic rings. The molecule has 1 unspecified atom stereocenters. The van der Waals surface area contributed by atoms with Gasteiger partial charge < -0.3 is 24.1 Å². The Balaban J connectivity index is 1.39. The van der Waals surface area contributed by atoms with Crippen LogP contribution in [0.15, 0.2) is 42.6 Å². The average molecular weight is 503 g/mol. The number of likely N-dealkylation sites (tertiary alicyclic amines) is 1. The van der Waals surface area contributed by atoms with Crippen molar-refractivity contribution in [3.05, 3.63) is 48.2 Å². The van der Waals surface area contributed by atoms with Gasteiger partial charge in [-0.2, -0.15) is 0 Å². The van der Waals surface area contributed by atoms with E-state index in [9.17, 15) is 9.59 Å². The van der Waals surface area contributed by atoms with Gasteiger partial charge in [-0.15, -0.1) is 0 Å². The van der Waals surface area contributed by atoms with Crippen LogP contribution in [0.4, 0.5) is 4.79 Å². The molecule has 3 aromatic heterocycles. The van der Waals surface area contributed by atoms with Gasteiger partial charge in [0, 0.05) is 49.9 Å². The zero-order valence-corrected chi connectivity index (χ0v) is 22.1. The van der Waals surface area contributed by atoms with E-state index >= 15 is 0 Å². The largest absolute Gasteiger partial charge is 0.444 e. The number of nitrogens with zero attached hydrogens (tertiary/aromatic N) is 5. The molecule has 1 atom stereocenters. The molecule has 1 aliphatic heterocycles. The summed E-state index contributed by atoms with van der Waals surface area (Å²) in [6.07, 6.45) is 2.98. The van der Waals surface area contributed by atoms with Crippen LogP contribution in [0.1, 0.15) is 50.9 Å². The van der Waals surface area contributed by atoms with Gasteiger partial charge in [-0.25, -0.2) is 14.8 Å². The lowest BCUT2D eigenvalue weighted by Crippen LogP contribution is -2.50. The highest BCUT2D eigenvalue weighted by molar-refractivity contribution is 5.98. The van der Waals surface area contributed by atoms with Crippen molar-refractivity contribution in [3.8, 4) is 11.5 Å². The number of piperidine rings is 1. The number of fused-ring (bicyclic) bond motifs is 2. The first-order chi connectivity index (χ1) is 17.6. The number of hydrogen-bond donors (Lipinski definition) is 1. The van der Waals surface area contributed by atoms with E-state index in [2.05, 4.69) is 38.5 Å². The fourth-order valence-electron chi connectivity index (χ4n) is 5.09. The summed E-state index contributed by atoms with van der Waals surface area (Å²) < 4.78 is 9.61. The number of hydrogen-bond acceptors (Lipinski definition) is 5. The Morgan fingerprint density at radius 3 is 2.76 bits per heavy atom. The summed E-state index contributed by atoms with van der Waals surface area (Å²) in [6.45, 7) is 9.48. The number of rotatable bonds is 4. The smallest absolute Gasteiger partial charge is 0.407 e. The van der Waals surface area contributed by atoms with E-state index in [0.717, 1.165) is 53.0 Å². The van der Waals surface area contributed by atoms with E-state index in [1.807, 2.05) is 52.1 Å². The first kappa shape index (κ1) is 24.8. The Morgan fingerprint density at radius 1 is 1.19 bits per heavy atom. The maximum absolute atomic E-state index is 13.4. The molecule has 0 saturated carbocycles. The molecule has 4 heterocycles. The molecule has 0 bridgehead atoms. The summed E-state index contributed by atoms with van der Waals surface area (Å²) in [7, 11) is 1.99. The summed E-state index contributed by atoms with van der Waals surface area (Å²) in [4.78, 5) is 36.9. The van der Waals surface area contributed by atoms with Gasteiger partial charge in [0.25, 0.3) is 5.91 Å². The molecular formula is C28H34N6O3. The molecule has 2 amide bonds. The lowest BCUT2D eigenvalue weighted by Gasteiger charge is -2.33. The topological polar surface area (TPSA) is 94.3 Å². The van der Waals surface area contributed by atoms with Crippen LogP contribution >= 0.6 is 0 Å². The van der Waals surface area contributed by atoms with Crippen molar-refractivity contribution in [2.45, 2.75) is 58.7 Å². The fraction of sp³-hybridized carbons (Fsp3) is 0.429. The summed E-state index contributed by atoms with van der Waals surface area (Å²) in [6, 6.07) is 11.7. The maximum atomic E-state index is 13.4. The van der Waals surface area contributed by atoms with Gasteiger partial charge in [-0.1, -0.05) is 0 Å². The van der Waals surface area contributed by atoms with Gasteiger partial charge in [0.05, 0.1) is 16.7 Å². The van der Waals surface area contributed by atoms with Gasteiger partial charge in [0.2, 0.25) is 0 Å². The van der Waals surface area contributed by atoms with E-state index in [0.29, 0.717) is 18.7 Å². The second kappa shape index (κ2) is 9.53. The molecule has 0 radical (unpaired) electrons. The predicted molar refractivity (Wildman–Crippen MR) is 143 cm³/mol. The Labute approximate surface area is 216 Å². The summed E-state index contributed by atoms with van der Waals surface area (Å²) in [5, 5.41) is 3.99. The normalized spacial score (nSPS) is 16.4. The molecular weight excluding hydrogens is 468 g/mol. The zero-order valence-electron chi connectivity index (χ0n) is 22.1.